The molecule has 1 N–H and O–H groups in total. The van der Waals surface area contributed by atoms with Crippen LogP contribution in [0.1, 0.15) is 35.7 Å². The predicted molar refractivity (Wildman–Crippen MR) is 90.7 cm³/mol. The molecule has 0 unspecified atom stereocenters. The summed E-state index contributed by atoms with van der Waals surface area (Å²) >= 11 is 0. The lowest BCUT2D eigenvalue weighted by molar-refractivity contribution is -0.141. The molecule has 0 atom stereocenters. The minimum absolute atomic E-state index is 0.0159. The minimum Gasteiger partial charge on any atom is -0.493 e. The molecule has 0 radical (unpaired) electrons. The number of rotatable bonds is 7. The van der Waals surface area contributed by atoms with E-state index in [4.69, 9.17) is 9.47 Å². The van der Waals surface area contributed by atoms with E-state index in [2.05, 4.69) is 15.3 Å². The molecule has 1 aromatic carbocycles. The Morgan fingerprint density at radius 1 is 1.08 bits per heavy atom. The fraction of sp³-hybridized carbons (Fsp3) is 0.444. The van der Waals surface area contributed by atoms with Gasteiger partial charge in [-0.3, -0.25) is 0 Å². The molecule has 3 rings (SSSR count). The molecule has 1 aliphatic rings. The number of nitrogens with zero attached hydrogens (tertiary/aromatic N) is 2. The van der Waals surface area contributed by atoms with Crippen molar-refractivity contribution in [2.45, 2.75) is 31.4 Å². The number of alkyl halides is 3. The molecule has 0 saturated heterocycles. The number of hydrogen-bond donors (Lipinski definition) is 1. The maximum absolute atomic E-state index is 13.0. The topological polar surface area (TPSA) is 56.3 Å². The standard InChI is InChI=1S/C18H20F3N3O2/c1-25-14-6-3-11(9-15(14)26-2)7-8-22-17-23-13(12-4-5-12)10-16(24-17)18(19,20)21/h3,6,9-10,12H,4-5,7-8H2,1-2H3,(H,22,23,24). The Hall–Kier alpha value is -2.51. The summed E-state index contributed by atoms with van der Waals surface area (Å²) in [6, 6.07) is 6.56. The molecule has 0 aliphatic heterocycles. The van der Waals surface area contributed by atoms with Crippen LogP contribution in [0, 0.1) is 0 Å². The van der Waals surface area contributed by atoms with Crippen LogP contribution < -0.4 is 14.8 Å². The first kappa shape index (κ1) is 18.3. The summed E-state index contributed by atoms with van der Waals surface area (Å²) in [5.41, 5.74) is 0.522. The fourth-order valence-corrected chi connectivity index (χ4v) is 2.63. The summed E-state index contributed by atoms with van der Waals surface area (Å²) in [5, 5.41) is 2.90. The third-order valence-corrected chi connectivity index (χ3v) is 4.18. The van der Waals surface area contributed by atoms with Crippen LogP contribution in [0.4, 0.5) is 19.1 Å². The highest BCUT2D eigenvalue weighted by Gasteiger charge is 2.36. The zero-order valence-corrected chi connectivity index (χ0v) is 14.6. The number of methoxy groups -OCH3 is 2. The van der Waals surface area contributed by atoms with Gasteiger partial charge in [0.25, 0.3) is 0 Å². The van der Waals surface area contributed by atoms with Gasteiger partial charge in [0.2, 0.25) is 5.95 Å². The van der Waals surface area contributed by atoms with Crippen molar-refractivity contribution in [1.29, 1.82) is 0 Å². The van der Waals surface area contributed by atoms with Crippen molar-refractivity contribution < 1.29 is 22.6 Å². The van der Waals surface area contributed by atoms with Gasteiger partial charge in [-0.2, -0.15) is 13.2 Å². The van der Waals surface area contributed by atoms with Crippen molar-refractivity contribution in [3.8, 4) is 11.5 Å². The first-order valence-corrected chi connectivity index (χ1v) is 8.31. The van der Waals surface area contributed by atoms with Crippen LogP contribution in [0.3, 0.4) is 0 Å². The molecule has 8 heteroatoms. The van der Waals surface area contributed by atoms with Gasteiger partial charge in [0.15, 0.2) is 11.5 Å². The van der Waals surface area contributed by atoms with E-state index in [1.165, 1.54) is 0 Å². The summed E-state index contributed by atoms with van der Waals surface area (Å²) in [6.07, 6.45) is -2.15. The number of nitrogens with one attached hydrogen (secondary N) is 1. The van der Waals surface area contributed by atoms with Gasteiger partial charge >= 0.3 is 6.18 Å². The van der Waals surface area contributed by atoms with Crippen molar-refractivity contribution in [3.05, 3.63) is 41.2 Å². The van der Waals surface area contributed by atoms with Crippen molar-refractivity contribution in [2.24, 2.45) is 0 Å². The molecule has 1 fully saturated rings. The summed E-state index contributed by atoms with van der Waals surface area (Å²) in [6.45, 7) is 0.404. The second kappa shape index (κ2) is 7.39. The van der Waals surface area contributed by atoms with Crippen LogP contribution in [0.5, 0.6) is 11.5 Å². The molecule has 5 nitrogen and oxygen atoms in total. The maximum atomic E-state index is 13.0. The first-order valence-electron chi connectivity index (χ1n) is 8.31. The van der Waals surface area contributed by atoms with Gasteiger partial charge in [0, 0.05) is 18.2 Å². The average molecular weight is 367 g/mol. The highest BCUT2D eigenvalue weighted by molar-refractivity contribution is 5.43. The van der Waals surface area contributed by atoms with Crippen molar-refractivity contribution in [2.75, 3.05) is 26.1 Å². The van der Waals surface area contributed by atoms with Crippen LogP contribution in [-0.4, -0.2) is 30.7 Å². The average Bonchev–Trinajstić information content (AvgIpc) is 3.45. The van der Waals surface area contributed by atoms with E-state index in [1.807, 2.05) is 12.1 Å². The number of aromatic nitrogens is 2. The van der Waals surface area contributed by atoms with E-state index >= 15 is 0 Å². The molecule has 1 aromatic heterocycles. The Morgan fingerprint density at radius 3 is 2.42 bits per heavy atom. The Kier molecular flexibility index (Phi) is 5.20. The largest absolute Gasteiger partial charge is 0.493 e. The van der Waals surface area contributed by atoms with Gasteiger partial charge < -0.3 is 14.8 Å². The highest BCUT2D eigenvalue weighted by Crippen LogP contribution is 2.41. The fourth-order valence-electron chi connectivity index (χ4n) is 2.63. The predicted octanol–water partition coefficient (Wildman–Crippen LogP) is 4.04. The van der Waals surface area contributed by atoms with Crippen molar-refractivity contribution in [3.63, 3.8) is 0 Å². The summed E-state index contributed by atoms with van der Waals surface area (Å²) in [7, 11) is 3.11. The normalized spacial score (nSPS) is 14.2. The van der Waals surface area contributed by atoms with Crippen LogP contribution in [-0.2, 0) is 12.6 Å². The first-order chi connectivity index (χ1) is 12.4. The van der Waals surface area contributed by atoms with E-state index in [-0.39, 0.29) is 11.9 Å². The van der Waals surface area contributed by atoms with Crippen molar-refractivity contribution in [1.82, 2.24) is 9.97 Å². The summed E-state index contributed by atoms with van der Waals surface area (Å²) in [5.74, 6) is 1.36. The molecule has 1 heterocycles. The van der Waals surface area contributed by atoms with E-state index in [0.717, 1.165) is 24.5 Å². The number of benzene rings is 1. The molecule has 26 heavy (non-hydrogen) atoms. The van der Waals surface area contributed by atoms with Crippen LogP contribution >= 0.6 is 0 Å². The third kappa shape index (κ3) is 4.36. The van der Waals surface area contributed by atoms with Gasteiger partial charge in [-0.25, -0.2) is 9.97 Å². The van der Waals surface area contributed by atoms with Gasteiger partial charge in [0.05, 0.1) is 14.2 Å². The monoisotopic (exact) mass is 367 g/mol. The number of ether oxygens (including phenoxy) is 2. The third-order valence-electron chi connectivity index (χ3n) is 4.18. The Labute approximate surface area is 149 Å². The zero-order valence-electron chi connectivity index (χ0n) is 14.6. The van der Waals surface area contributed by atoms with Gasteiger partial charge in [0.1, 0.15) is 5.69 Å². The lowest BCUT2D eigenvalue weighted by Gasteiger charge is -2.12. The molecular weight excluding hydrogens is 347 g/mol. The Morgan fingerprint density at radius 2 is 1.81 bits per heavy atom. The zero-order chi connectivity index (χ0) is 18.7. The molecule has 0 bridgehead atoms. The van der Waals surface area contributed by atoms with Crippen LogP contribution in [0.25, 0.3) is 0 Å². The smallest absolute Gasteiger partial charge is 0.433 e. The van der Waals surface area contributed by atoms with E-state index < -0.39 is 11.9 Å². The SMILES string of the molecule is COc1ccc(CCNc2nc(C3CC3)cc(C(F)(F)F)n2)cc1OC. The lowest BCUT2D eigenvalue weighted by atomic mass is 10.1. The second-order valence-electron chi connectivity index (χ2n) is 6.14. The van der Waals surface area contributed by atoms with E-state index in [1.54, 1.807) is 20.3 Å². The summed E-state index contributed by atoms with van der Waals surface area (Å²) in [4.78, 5) is 7.85. The van der Waals surface area contributed by atoms with Gasteiger partial charge in [-0.1, -0.05) is 6.07 Å². The second-order valence-corrected chi connectivity index (χ2v) is 6.14. The molecular formula is C18H20F3N3O2. The Balaban J connectivity index is 1.69. The van der Waals surface area contributed by atoms with Gasteiger partial charge in [-0.15, -0.1) is 0 Å². The minimum atomic E-state index is -4.48. The molecule has 0 spiro atoms. The molecule has 1 saturated carbocycles. The molecule has 0 amide bonds. The van der Waals surface area contributed by atoms with Crippen molar-refractivity contribution >= 4 is 5.95 Å². The lowest BCUT2D eigenvalue weighted by Crippen LogP contribution is -2.14. The molecule has 1 aliphatic carbocycles. The number of anilines is 1. The number of halogens is 3. The quantitative estimate of drug-likeness (QED) is 0.800. The maximum Gasteiger partial charge on any atom is 0.433 e. The summed E-state index contributed by atoms with van der Waals surface area (Å²) < 4.78 is 49.5. The molecule has 140 valence electrons. The number of hydrogen-bond acceptors (Lipinski definition) is 5. The van der Waals surface area contributed by atoms with E-state index in [0.29, 0.717) is 30.2 Å². The van der Waals surface area contributed by atoms with Crippen LogP contribution in [0.2, 0.25) is 0 Å². The van der Waals surface area contributed by atoms with E-state index in [9.17, 15) is 13.2 Å². The Bertz CT molecular complexity index is 777. The van der Waals surface area contributed by atoms with Crippen LogP contribution in [0.15, 0.2) is 24.3 Å². The molecule has 2 aromatic rings. The van der Waals surface area contributed by atoms with Gasteiger partial charge in [-0.05, 0) is 43.0 Å². The highest BCUT2D eigenvalue weighted by atomic mass is 19.4.